The summed E-state index contributed by atoms with van der Waals surface area (Å²) >= 11 is 12.0. The maximum atomic E-state index is 6.07. The van der Waals surface area contributed by atoms with Crippen LogP contribution in [0.4, 0.5) is 0 Å². The average Bonchev–Trinajstić information content (AvgIpc) is 2.95. The number of halogens is 2. The van der Waals surface area contributed by atoms with Gasteiger partial charge >= 0.3 is 0 Å². The fourth-order valence-corrected chi connectivity index (χ4v) is 2.48. The first-order valence-electron chi connectivity index (χ1n) is 7.72. The molecule has 6 nitrogen and oxygen atoms in total. The van der Waals surface area contributed by atoms with E-state index in [4.69, 9.17) is 27.7 Å². The molecule has 130 valence electrons. The van der Waals surface area contributed by atoms with Crippen LogP contribution < -0.4 is 5.32 Å². The molecule has 1 aromatic carbocycles. The monoisotopic (exact) mass is 369 g/mol. The van der Waals surface area contributed by atoms with Crippen LogP contribution in [0.5, 0.6) is 0 Å². The van der Waals surface area contributed by atoms with Crippen molar-refractivity contribution in [3.63, 3.8) is 0 Å². The Bertz CT molecular complexity index is 702. The number of guanidine groups is 1. The van der Waals surface area contributed by atoms with Crippen LogP contribution in [-0.2, 0) is 13.0 Å². The first kappa shape index (κ1) is 18.5. The molecule has 0 aliphatic heterocycles. The van der Waals surface area contributed by atoms with Crippen LogP contribution in [0.1, 0.15) is 24.2 Å². The first-order chi connectivity index (χ1) is 11.5. The molecular formula is C16H21Cl2N5O. The van der Waals surface area contributed by atoms with Crippen LogP contribution in [0, 0.1) is 6.92 Å². The van der Waals surface area contributed by atoms with Crippen molar-refractivity contribution >= 4 is 29.2 Å². The molecule has 0 fully saturated rings. The molecule has 0 saturated heterocycles. The molecule has 0 aliphatic carbocycles. The fourth-order valence-electron chi connectivity index (χ4n) is 2.16. The Balaban J connectivity index is 1.99. The molecule has 0 atom stereocenters. The van der Waals surface area contributed by atoms with Gasteiger partial charge in [0.05, 0.1) is 16.6 Å². The Morgan fingerprint density at radius 1 is 1.33 bits per heavy atom. The Kier molecular flexibility index (Phi) is 6.87. The zero-order valence-corrected chi connectivity index (χ0v) is 15.5. The molecule has 0 amide bonds. The second-order valence-corrected chi connectivity index (χ2v) is 6.14. The smallest absolute Gasteiger partial charge is 0.228 e. The standard InChI is InChI=1S/C16H21Cl2N5O/c1-4-19-16(20-8-7-15-21-11(2)22-24-15)23(3)10-12-5-6-13(17)14(18)9-12/h5-6,9H,4,7-8,10H2,1-3H3,(H,19,20). The van der Waals surface area contributed by atoms with Gasteiger partial charge in [0.2, 0.25) is 5.89 Å². The molecule has 8 heteroatoms. The minimum atomic E-state index is 0.552. The zero-order chi connectivity index (χ0) is 17.5. The number of benzene rings is 1. The third kappa shape index (κ3) is 5.39. The minimum Gasteiger partial charge on any atom is -0.357 e. The van der Waals surface area contributed by atoms with Crippen molar-refractivity contribution in [1.29, 1.82) is 0 Å². The second-order valence-electron chi connectivity index (χ2n) is 5.33. The van der Waals surface area contributed by atoms with Crippen molar-refractivity contribution in [3.8, 4) is 0 Å². The lowest BCUT2D eigenvalue weighted by atomic mass is 10.2. The van der Waals surface area contributed by atoms with Crippen LogP contribution in [0.3, 0.4) is 0 Å². The maximum absolute atomic E-state index is 6.07. The van der Waals surface area contributed by atoms with Crippen molar-refractivity contribution in [2.45, 2.75) is 26.8 Å². The first-order valence-corrected chi connectivity index (χ1v) is 8.47. The highest BCUT2D eigenvalue weighted by Crippen LogP contribution is 2.23. The number of hydrogen-bond donors (Lipinski definition) is 1. The van der Waals surface area contributed by atoms with Gasteiger partial charge in [-0.3, -0.25) is 4.99 Å². The molecule has 2 rings (SSSR count). The van der Waals surface area contributed by atoms with Crippen molar-refractivity contribution in [2.24, 2.45) is 4.99 Å². The highest BCUT2D eigenvalue weighted by molar-refractivity contribution is 6.42. The molecular weight excluding hydrogens is 349 g/mol. The molecule has 1 heterocycles. The number of rotatable bonds is 6. The molecule has 1 N–H and O–H groups in total. The summed E-state index contributed by atoms with van der Waals surface area (Å²) in [5.41, 5.74) is 1.06. The van der Waals surface area contributed by atoms with Gasteiger partial charge < -0.3 is 14.7 Å². The number of aryl methyl sites for hydroxylation is 1. The minimum absolute atomic E-state index is 0.552. The third-order valence-corrected chi connectivity index (χ3v) is 4.00. The van der Waals surface area contributed by atoms with Crippen LogP contribution in [0.25, 0.3) is 0 Å². The lowest BCUT2D eigenvalue weighted by molar-refractivity contribution is 0.375. The van der Waals surface area contributed by atoms with Crippen LogP contribution in [0.2, 0.25) is 10.0 Å². The Morgan fingerprint density at radius 3 is 2.75 bits per heavy atom. The van der Waals surface area contributed by atoms with Gasteiger partial charge in [0, 0.05) is 26.6 Å². The summed E-state index contributed by atoms with van der Waals surface area (Å²) in [5.74, 6) is 2.04. The van der Waals surface area contributed by atoms with Gasteiger partial charge in [-0.2, -0.15) is 4.98 Å². The normalized spacial score (nSPS) is 11.6. The van der Waals surface area contributed by atoms with E-state index < -0.39 is 0 Å². The summed E-state index contributed by atoms with van der Waals surface area (Å²) < 4.78 is 5.10. The van der Waals surface area contributed by atoms with Gasteiger partial charge in [0.15, 0.2) is 11.8 Å². The van der Waals surface area contributed by atoms with Crippen LogP contribution in [-0.4, -0.2) is 41.1 Å². The summed E-state index contributed by atoms with van der Waals surface area (Å²) in [6.45, 7) is 5.84. The lowest BCUT2D eigenvalue weighted by Crippen LogP contribution is -2.38. The molecule has 0 radical (unpaired) electrons. The van der Waals surface area contributed by atoms with Crippen LogP contribution in [0.15, 0.2) is 27.7 Å². The van der Waals surface area contributed by atoms with Gasteiger partial charge in [-0.25, -0.2) is 0 Å². The summed E-state index contributed by atoms with van der Waals surface area (Å²) in [7, 11) is 1.97. The maximum Gasteiger partial charge on any atom is 0.228 e. The quantitative estimate of drug-likeness (QED) is 0.624. The van der Waals surface area contributed by atoms with E-state index in [1.165, 1.54) is 0 Å². The largest absolute Gasteiger partial charge is 0.357 e. The highest BCUT2D eigenvalue weighted by atomic mass is 35.5. The molecule has 0 unspecified atom stereocenters. The molecule has 1 aromatic heterocycles. The lowest BCUT2D eigenvalue weighted by Gasteiger charge is -2.22. The van der Waals surface area contributed by atoms with Gasteiger partial charge in [0.25, 0.3) is 0 Å². The Labute approximate surface area is 151 Å². The van der Waals surface area contributed by atoms with Gasteiger partial charge in [-0.05, 0) is 31.5 Å². The molecule has 2 aromatic rings. The van der Waals surface area contributed by atoms with Gasteiger partial charge in [-0.15, -0.1) is 0 Å². The highest BCUT2D eigenvalue weighted by Gasteiger charge is 2.09. The predicted octanol–water partition coefficient (Wildman–Crippen LogP) is 3.32. The SMILES string of the molecule is CCNC(=NCCc1nc(C)no1)N(C)Cc1ccc(Cl)c(Cl)c1. The van der Waals surface area contributed by atoms with Gasteiger partial charge in [0.1, 0.15) is 0 Å². The topological polar surface area (TPSA) is 66.5 Å². The average molecular weight is 370 g/mol. The number of aliphatic imine (C=N–C) groups is 1. The van der Waals surface area contributed by atoms with Crippen molar-refractivity contribution in [3.05, 3.63) is 45.5 Å². The van der Waals surface area contributed by atoms with Gasteiger partial charge in [-0.1, -0.05) is 34.4 Å². The molecule has 0 aliphatic rings. The Morgan fingerprint density at radius 2 is 2.12 bits per heavy atom. The molecule has 24 heavy (non-hydrogen) atoms. The fraction of sp³-hybridized carbons (Fsp3) is 0.438. The third-order valence-electron chi connectivity index (χ3n) is 3.26. The summed E-state index contributed by atoms with van der Waals surface area (Å²) in [5, 5.41) is 8.15. The number of hydrogen-bond acceptors (Lipinski definition) is 4. The van der Waals surface area contributed by atoms with Crippen molar-refractivity contribution in [2.75, 3.05) is 20.1 Å². The van der Waals surface area contributed by atoms with Crippen molar-refractivity contribution < 1.29 is 4.52 Å². The summed E-state index contributed by atoms with van der Waals surface area (Å²) in [6.07, 6.45) is 0.607. The molecule has 0 spiro atoms. The second kappa shape index (κ2) is 8.89. The summed E-state index contributed by atoms with van der Waals surface area (Å²) in [4.78, 5) is 10.8. The van der Waals surface area contributed by atoms with E-state index in [1.807, 2.05) is 31.0 Å². The van der Waals surface area contributed by atoms with E-state index in [0.717, 1.165) is 18.1 Å². The van der Waals surface area contributed by atoms with Crippen molar-refractivity contribution in [1.82, 2.24) is 20.4 Å². The van der Waals surface area contributed by atoms with E-state index >= 15 is 0 Å². The van der Waals surface area contributed by atoms with E-state index in [2.05, 4.69) is 20.4 Å². The zero-order valence-electron chi connectivity index (χ0n) is 14.0. The predicted molar refractivity (Wildman–Crippen MR) is 96.6 cm³/mol. The molecule has 0 saturated carbocycles. The Hall–Kier alpha value is -1.79. The number of aromatic nitrogens is 2. The van der Waals surface area contributed by atoms with E-state index in [0.29, 0.717) is 41.3 Å². The van der Waals surface area contributed by atoms with E-state index in [1.54, 1.807) is 13.0 Å². The number of nitrogens with zero attached hydrogens (tertiary/aromatic N) is 4. The van der Waals surface area contributed by atoms with E-state index in [9.17, 15) is 0 Å². The molecule has 0 bridgehead atoms. The van der Waals surface area contributed by atoms with E-state index in [-0.39, 0.29) is 0 Å². The summed E-state index contributed by atoms with van der Waals surface area (Å²) in [6, 6.07) is 5.62. The number of nitrogens with one attached hydrogen (secondary N) is 1. The van der Waals surface area contributed by atoms with Crippen LogP contribution >= 0.6 is 23.2 Å².